The van der Waals surface area contributed by atoms with E-state index in [1.807, 2.05) is 13.0 Å². The Bertz CT molecular complexity index is 975. The second-order valence-corrected chi connectivity index (χ2v) is 10.6. The van der Waals surface area contributed by atoms with E-state index >= 15 is 0 Å². The number of thiocarbonyl (C=S) groups is 1. The van der Waals surface area contributed by atoms with E-state index in [0.717, 1.165) is 60.0 Å². The Labute approximate surface area is 200 Å². The van der Waals surface area contributed by atoms with Gasteiger partial charge >= 0.3 is 6.09 Å². The van der Waals surface area contributed by atoms with Gasteiger partial charge in [-0.2, -0.15) is 0 Å². The zero-order valence-corrected chi connectivity index (χ0v) is 21.7. The van der Waals surface area contributed by atoms with E-state index in [4.69, 9.17) is 21.9 Å². The number of likely N-dealkylation sites (N-methyl/N-ethyl adjacent to an activating group) is 1. The molecule has 1 aliphatic rings. The number of carbonyl (C=O) groups is 1. The predicted molar refractivity (Wildman–Crippen MR) is 137 cm³/mol. The van der Waals surface area contributed by atoms with Gasteiger partial charge in [0.2, 0.25) is 0 Å². The van der Waals surface area contributed by atoms with Crippen LogP contribution in [0.4, 0.5) is 10.5 Å². The van der Waals surface area contributed by atoms with E-state index < -0.39 is 6.09 Å². The Hall–Kier alpha value is -1.84. The van der Waals surface area contributed by atoms with Crippen molar-refractivity contribution in [1.29, 1.82) is 0 Å². The van der Waals surface area contributed by atoms with Gasteiger partial charge in [-0.3, -0.25) is 0 Å². The molecule has 0 amide bonds. The summed E-state index contributed by atoms with van der Waals surface area (Å²) < 4.78 is 6.98. The van der Waals surface area contributed by atoms with Crippen LogP contribution in [-0.2, 0) is 10.2 Å². The molecule has 1 aromatic heterocycles. The minimum atomic E-state index is -0.401. The molecule has 1 aliphatic heterocycles. The van der Waals surface area contributed by atoms with Crippen LogP contribution < -0.4 is 5.32 Å². The van der Waals surface area contributed by atoms with Gasteiger partial charge in [-0.1, -0.05) is 27.7 Å². The first kappa shape index (κ1) is 24.8. The van der Waals surface area contributed by atoms with Crippen LogP contribution in [0.15, 0.2) is 17.0 Å². The number of nitrogens with one attached hydrogen (secondary N) is 1. The lowest BCUT2D eigenvalue weighted by Gasteiger charge is -2.34. The lowest BCUT2D eigenvalue weighted by molar-refractivity contribution is 0.153. The molecule has 9 heteroatoms. The summed E-state index contributed by atoms with van der Waals surface area (Å²) >= 11 is 7.53. The van der Waals surface area contributed by atoms with Crippen molar-refractivity contribution in [2.24, 2.45) is 0 Å². The number of hydrogen-bond donors (Lipinski definition) is 1. The average Bonchev–Trinajstić information content (AvgIpc) is 3.11. The van der Waals surface area contributed by atoms with Crippen molar-refractivity contribution in [3.63, 3.8) is 0 Å². The third kappa shape index (κ3) is 5.55. The van der Waals surface area contributed by atoms with Crippen LogP contribution in [0.3, 0.4) is 0 Å². The molecule has 1 N–H and O–H groups in total. The first-order valence-corrected chi connectivity index (χ1v) is 12.7. The summed E-state index contributed by atoms with van der Waals surface area (Å²) in [6.07, 6.45) is 0.664. The highest BCUT2D eigenvalue weighted by atomic mass is 32.2. The SMILES string of the molecule is CCCSc1cc2nc(C(C)(C)C)n(C(=O)OCC)c2cc1NC(=S)N1CCN(C)CC1. The molecule has 3 rings (SSSR count). The van der Waals surface area contributed by atoms with Crippen molar-refractivity contribution in [2.75, 3.05) is 50.9 Å². The number of rotatable bonds is 5. The molecule has 0 aliphatic carbocycles. The zero-order valence-electron chi connectivity index (χ0n) is 20.0. The van der Waals surface area contributed by atoms with Gasteiger partial charge in [-0.25, -0.2) is 14.3 Å². The predicted octanol–water partition coefficient (Wildman–Crippen LogP) is 4.78. The Balaban J connectivity index is 2.05. The van der Waals surface area contributed by atoms with Gasteiger partial charge in [0.15, 0.2) is 5.11 Å². The summed E-state index contributed by atoms with van der Waals surface area (Å²) in [6.45, 7) is 14.2. The maximum atomic E-state index is 12.9. The number of ether oxygens (including phenoxy) is 1. The number of piperazine rings is 1. The second kappa shape index (κ2) is 10.4. The van der Waals surface area contributed by atoms with Crippen molar-refractivity contribution in [3.05, 3.63) is 18.0 Å². The fourth-order valence-corrected chi connectivity index (χ4v) is 4.79. The van der Waals surface area contributed by atoms with Crippen molar-refractivity contribution in [2.45, 2.75) is 51.3 Å². The number of anilines is 1. The number of hydrogen-bond acceptors (Lipinski definition) is 6. The molecule has 0 unspecified atom stereocenters. The number of thioether (sulfide) groups is 1. The molecule has 32 heavy (non-hydrogen) atoms. The molecule has 176 valence electrons. The lowest BCUT2D eigenvalue weighted by atomic mass is 9.96. The van der Waals surface area contributed by atoms with Gasteiger partial charge in [-0.15, -0.1) is 11.8 Å². The molecule has 2 heterocycles. The largest absolute Gasteiger partial charge is 0.449 e. The van der Waals surface area contributed by atoms with E-state index in [9.17, 15) is 4.79 Å². The van der Waals surface area contributed by atoms with Gasteiger partial charge in [0, 0.05) is 36.5 Å². The molecule has 2 aromatic rings. The van der Waals surface area contributed by atoms with E-state index in [0.29, 0.717) is 17.5 Å². The van der Waals surface area contributed by atoms with E-state index in [1.165, 1.54) is 0 Å². The summed E-state index contributed by atoms with van der Waals surface area (Å²) in [5.74, 6) is 1.68. The molecule has 0 saturated carbocycles. The van der Waals surface area contributed by atoms with Gasteiger partial charge in [0.1, 0.15) is 5.82 Å². The normalized spacial score (nSPS) is 15.2. The highest BCUT2D eigenvalue weighted by Crippen LogP contribution is 2.35. The number of aromatic nitrogens is 2. The summed E-state index contributed by atoms with van der Waals surface area (Å²) in [5, 5.41) is 4.18. The molecular weight excluding hydrogens is 442 g/mol. The summed E-state index contributed by atoms with van der Waals surface area (Å²) in [4.78, 5) is 23.3. The molecule has 1 fully saturated rings. The standard InChI is InChI=1S/C23H35N5O2S2/c1-7-13-32-19-15-16-18(28(22(29)30-8-2)20(24-16)23(3,4)5)14-17(19)25-21(31)27-11-9-26(6)10-12-27/h14-15H,7-13H2,1-6H3,(H,25,31). The van der Waals surface area contributed by atoms with E-state index in [1.54, 1.807) is 16.3 Å². The number of nitrogens with zero attached hydrogens (tertiary/aromatic N) is 4. The van der Waals surface area contributed by atoms with Gasteiger partial charge < -0.3 is 19.9 Å². The van der Waals surface area contributed by atoms with Crippen molar-refractivity contribution in [1.82, 2.24) is 19.4 Å². The second-order valence-electron chi connectivity index (χ2n) is 9.13. The van der Waals surface area contributed by atoms with Crippen molar-refractivity contribution < 1.29 is 9.53 Å². The van der Waals surface area contributed by atoms with Gasteiger partial charge in [0.25, 0.3) is 0 Å². The van der Waals surface area contributed by atoms with Crippen LogP contribution in [-0.4, -0.2) is 76.1 Å². The zero-order chi connectivity index (χ0) is 23.5. The lowest BCUT2D eigenvalue weighted by Crippen LogP contribution is -2.48. The third-order valence-electron chi connectivity index (χ3n) is 5.37. The summed E-state index contributed by atoms with van der Waals surface area (Å²) in [6, 6.07) is 4.06. The molecular formula is C23H35N5O2S2. The summed E-state index contributed by atoms with van der Waals surface area (Å²) in [5.41, 5.74) is 2.12. The van der Waals surface area contributed by atoms with Crippen LogP contribution in [0.1, 0.15) is 46.9 Å². The molecule has 1 saturated heterocycles. The third-order valence-corrected chi connectivity index (χ3v) is 6.99. The minimum Gasteiger partial charge on any atom is -0.449 e. The number of imidazole rings is 1. The molecule has 1 aromatic carbocycles. The molecule has 0 radical (unpaired) electrons. The van der Waals surface area contributed by atoms with Crippen LogP contribution in [0, 0.1) is 0 Å². The monoisotopic (exact) mass is 477 g/mol. The fraction of sp³-hybridized carbons (Fsp3) is 0.609. The molecule has 0 spiro atoms. The highest BCUT2D eigenvalue weighted by molar-refractivity contribution is 7.99. The van der Waals surface area contributed by atoms with Crippen LogP contribution in [0.2, 0.25) is 0 Å². The first-order valence-electron chi connectivity index (χ1n) is 11.3. The van der Waals surface area contributed by atoms with E-state index in [2.05, 4.69) is 55.9 Å². The van der Waals surface area contributed by atoms with Crippen LogP contribution in [0.25, 0.3) is 11.0 Å². The van der Waals surface area contributed by atoms with Crippen molar-refractivity contribution in [3.8, 4) is 0 Å². The topological polar surface area (TPSA) is 62.6 Å². The Morgan fingerprint density at radius 2 is 1.91 bits per heavy atom. The van der Waals surface area contributed by atoms with Crippen molar-refractivity contribution >= 4 is 51.9 Å². The van der Waals surface area contributed by atoms with Gasteiger partial charge in [-0.05, 0) is 50.5 Å². The van der Waals surface area contributed by atoms with Crippen LogP contribution >= 0.6 is 24.0 Å². The number of fused-ring (bicyclic) bond motifs is 1. The molecule has 0 atom stereocenters. The smallest absolute Gasteiger partial charge is 0.419 e. The number of carbonyl (C=O) groups excluding carboxylic acids is 1. The average molecular weight is 478 g/mol. The van der Waals surface area contributed by atoms with E-state index in [-0.39, 0.29) is 5.41 Å². The quantitative estimate of drug-likeness (QED) is 0.487. The Morgan fingerprint density at radius 1 is 1.22 bits per heavy atom. The number of benzene rings is 1. The fourth-order valence-electron chi connectivity index (χ4n) is 3.61. The van der Waals surface area contributed by atoms with Crippen LogP contribution in [0.5, 0.6) is 0 Å². The minimum absolute atomic E-state index is 0.311. The Kier molecular flexibility index (Phi) is 8.06. The molecule has 0 bridgehead atoms. The molecule has 7 nitrogen and oxygen atoms in total. The highest BCUT2D eigenvalue weighted by Gasteiger charge is 2.28. The van der Waals surface area contributed by atoms with Gasteiger partial charge in [0.05, 0.1) is 23.3 Å². The maximum absolute atomic E-state index is 12.9. The summed E-state index contributed by atoms with van der Waals surface area (Å²) in [7, 11) is 2.13. The maximum Gasteiger partial charge on any atom is 0.419 e. The Morgan fingerprint density at radius 3 is 2.50 bits per heavy atom. The first-order chi connectivity index (χ1) is 15.2.